The maximum atomic E-state index is 2.30. The minimum atomic E-state index is 1.12. The summed E-state index contributed by atoms with van der Waals surface area (Å²) in [6, 6.07) is 1.12. The van der Waals surface area contributed by atoms with Crippen LogP contribution in [0.4, 0.5) is 0 Å². The average molecular weight is 140 g/mol. The zero-order valence-electron chi connectivity index (χ0n) is 6.97. The Bertz CT molecular complexity index is 133. The molecule has 0 aromatic rings. The average Bonchev–Trinajstić information content (AvgIpc) is 2.51. The second-order valence-corrected chi connectivity index (χ2v) is 4.00. The van der Waals surface area contributed by atoms with Gasteiger partial charge in [-0.15, -0.1) is 0 Å². The highest BCUT2D eigenvalue weighted by Crippen LogP contribution is 2.41. The van der Waals surface area contributed by atoms with Crippen molar-refractivity contribution in [2.24, 2.45) is 0 Å². The minimum Gasteiger partial charge on any atom is -0.312 e. The monoisotopic (exact) mass is 140 g/mol. The van der Waals surface area contributed by atoms with Gasteiger partial charge < -0.3 is 4.48 Å². The van der Waals surface area contributed by atoms with Crippen molar-refractivity contribution in [1.82, 2.24) is 0 Å². The first-order chi connectivity index (χ1) is 4.87. The number of piperidine rings is 1. The lowest BCUT2D eigenvalue weighted by molar-refractivity contribution is -0.803. The van der Waals surface area contributed by atoms with Crippen LogP contribution in [0.1, 0.15) is 32.6 Å². The molecule has 0 bridgehead atoms. The van der Waals surface area contributed by atoms with Gasteiger partial charge in [-0.2, -0.15) is 0 Å². The number of rotatable bonds is 3. The van der Waals surface area contributed by atoms with Crippen LogP contribution in [-0.4, -0.2) is 30.2 Å². The fourth-order valence-corrected chi connectivity index (χ4v) is 2.51. The molecule has 2 unspecified atom stereocenters. The second kappa shape index (κ2) is 2.23. The van der Waals surface area contributed by atoms with Crippen LogP contribution in [0, 0.1) is 0 Å². The summed E-state index contributed by atoms with van der Waals surface area (Å²) < 4.78 is 1.52. The first-order valence-electron chi connectivity index (χ1n) is 4.73. The summed E-state index contributed by atoms with van der Waals surface area (Å²) in [5.41, 5.74) is 0. The fraction of sp³-hybridized carbons (Fsp3) is 1.00. The van der Waals surface area contributed by atoms with Gasteiger partial charge in [0.1, 0.15) is 12.6 Å². The van der Waals surface area contributed by atoms with Gasteiger partial charge in [-0.3, -0.25) is 0 Å². The molecule has 0 amide bonds. The highest BCUT2D eigenvalue weighted by atomic mass is 15.5. The van der Waals surface area contributed by atoms with E-state index in [0.717, 1.165) is 6.04 Å². The topological polar surface area (TPSA) is 0 Å². The maximum Gasteiger partial charge on any atom is 0.139 e. The van der Waals surface area contributed by atoms with Gasteiger partial charge in [0.15, 0.2) is 0 Å². The quantitative estimate of drug-likeness (QED) is 0.414. The van der Waals surface area contributed by atoms with Crippen molar-refractivity contribution in [3.05, 3.63) is 0 Å². The molecule has 10 heavy (non-hydrogen) atoms. The molecule has 0 saturated carbocycles. The molecule has 2 aliphatic heterocycles. The van der Waals surface area contributed by atoms with E-state index in [1.54, 1.807) is 0 Å². The second-order valence-electron chi connectivity index (χ2n) is 4.00. The molecule has 2 fully saturated rings. The van der Waals surface area contributed by atoms with E-state index in [4.69, 9.17) is 0 Å². The summed E-state index contributed by atoms with van der Waals surface area (Å²) in [7, 11) is 0. The predicted molar refractivity (Wildman–Crippen MR) is 42.8 cm³/mol. The maximum absolute atomic E-state index is 2.30. The number of hydrogen-bond acceptors (Lipinski definition) is 0. The van der Waals surface area contributed by atoms with Crippen LogP contribution in [0.5, 0.6) is 0 Å². The molecular formula is C9H18N+. The van der Waals surface area contributed by atoms with Crippen molar-refractivity contribution in [1.29, 1.82) is 0 Å². The van der Waals surface area contributed by atoms with Crippen LogP contribution in [0.3, 0.4) is 0 Å². The molecule has 58 valence electrons. The Morgan fingerprint density at radius 2 is 2.40 bits per heavy atom. The highest BCUT2D eigenvalue weighted by molar-refractivity contribution is 4.80. The molecule has 0 radical (unpaired) electrons. The Labute approximate surface area is 63.6 Å². The van der Waals surface area contributed by atoms with Gasteiger partial charge in [-0.1, -0.05) is 13.3 Å². The van der Waals surface area contributed by atoms with E-state index in [9.17, 15) is 0 Å². The van der Waals surface area contributed by atoms with Gasteiger partial charge in [-0.05, 0) is 6.42 Å². The SMILES string of the molecule is CCCC[N+]12CCCC1C2. The van der Waals surface area contributed by atoms with Crippen LogP contribution < -0.4 is 0 Å². The van der Waals surface area contributed by atoms with Crippen LogP contribution in [0.2, 0.25) is 0 Å². The Morgan fingerprint density at radius 3 is 2.90 bits per heavy atom. The van der Waals surface area contributed by atoms with E-state index >= 15 is 0 Å². The number of nitrogens with zero attached hydrogens (tertiary/aromatic N) is 1. The number of unbranched alkanes of at least 4 members (excludes halogenated alkanes) is 1. The molecular weight excluding hydrogens is 122 g/mol. The third kappa shape index (κ3) is 0.878. The third-order valence-corrected chi connectivity index (χ3v) is 3.31. The normalized spacial score (nSPS) is 43.5. The summed E-state index contributed by atoms with van der Waals surface area (Å²) >= 11 is 0. The van der Waals surface area contributed by atoms with E-state index in [0.29, 0.717) is 0 Å². The first kappa shape index (κ1) is 6.66. The van der Waals surface area contributed by atoms with Crippen LogP contribution >= 0.6 is 0 Å². The largest absolute Gasteiger partial charge is 0.312 e. The lowest BCUT2D eigenvalue weighted by Crippen LogP contribution is -2.26. The first-order valence-corrected chi connectivity index (χ1v) is 4.73. The molecule has 1 nitrogen and oxygen atoms in total. The minimum absolute atomic E-state index is 1.12. The molecule has 2 rings (SSSR count). The lowest BCUT2D eigenvalue weighted by Gasteiger charge is -2.14. The summed E-state index contributed by atoms with van der Waals surface area (Å²) in [6.45, 7) is 6.82. The number of fused-ring (bicyclic) bond motifs is 1. The molecule has 2 heterocycles. The zero-order valence-corrected chi connectivity index (χ0v) is 6.97. The smallest absolute Gasteiger partial charge is 0.139 e. The van der Waals surface area contributed by atoms with Crippen molar-refractivity contribution < 1.29 is 4.48 Å². The van der Waals surface area contributed by atoms with Crippen LogP contribution in [0.25, 0.3) is 0 Å². The van der Waals surface area contributed by atoms with Gasteiger partial charge >= 0.3 is 0 Å². The molecule has 0 aromatic heterocycles. The standard InChI is InChI=1S/C9H18N/c1-2-3-6-10-7-4-5-9(10)8-10/h9H,2-8H2,1H3/q+1. The van der Waals surface area contributed by atoms with E-state index < -0.39 is 0 Å². The molecule has 1 heteroatoms. The predicted octanol–water partition coefficient (Wildman–Crippen LogP) is 1.78. The van der Waals surface area contributed by atoms with Crippen molar-refractivity contribution in [2.75, 3.05) is 19.6 Å². The molecule has 2 saturated heterocycles. The molecule has 2 atom stereocenters. The Balaban J connectivity index is 1.82. The van der Waals surface area contributed by atoms with Crippen molar-refractivity contribution in [3.63, 3.8) is 0 Å². The van der Waals surface area contributed by atoms with E-state index in [-0.39, 0.29) is 0 Å². The fourth-order valence-electron chi connectivity index (χ4n) is 2.51. The Kier molecular flexibility index (Phi) is 1.48. The van der Waals surface area contributed by atoms with Gasteiger partial charge in [0.2, 0.25) is 0 Å². The summed E-state index contributed by atoms with van der Waals surface area (Å²) in [4.78, 5) is 0. The summed E-state index contributed by atoms with van der Waals surface area (Å²) in [5.74, 6) is 0. The molecule has 0 aromatic carbocycles. The van der Waals surface area contributed by atoms with E-state index in [1.807, 2.05) is 0 Å². The van der Waals surface area contributed by atoms with Crippen molar-refractivity contribution >= 4 is 0 Å². The lowest BCUT2D eigenvalue weighted by atomic mass is 10.3. The van der Waals surface area contributed by atoms with Gasteiger partial charge in [0.25, 0.3) is 0 Å². The van der Waals surface area contributed by atoms with E-state index in [1.165, 1.54) is 49.8 Å². The van der Waals surface area contributed by atoms with Gasteiger partial charge in [0.05, 0.1) is 13.1 Å². The summed E-state index contributed by atoms with van der Waals surface area (Å²) in [5, 5.41) is 0. The van der Waals surface area contributed by atoms with E-state index in [2.05, 4.69) is 6.92 Å². The number of hydrogen-bond donors (Lipinski definition) is 0. The Morgan fingerprint density at radius 1 is 1.50 bits per heavy atom. The van der Waals surface area contributed by atoms with Gasteiger partial charge in [-0.25, -0.2) is 0 Å². The zero-order chi connectivity index (χ0) is 7.03. The molecule has 0 N–H and O–H groups in total. The summed E-state index contributed by atoms with van der Waals surface area (Å²) in [6.07, 6.45) is 5.88. The van der Waals surface area contributed by atoms with Crippen LogP contribution in [-0.2, 0) is 0 Å². The highest BCUT2D eigenvalue weighted by Gasteiger charge is 2.57. The van der Waals surface area contributed by atoms with Crippen LogP contribution in [0.15, 0.2) is 0 Å². The van der Waals surface area contributed by atoms with Crippen molar-refractivity contribution in [3.8, 4) is 0 Å². The number of quaternary nitrogens is 1. The third-order valence-electron chi connectivity index (χ3n) is 3.31. The van der Waals surface area contributed by atoms with Crippen molar-refractivity contribution in [2.45, 2.75) is 38.6 Å². The molecule has 0 aliphatic carbocycles. The molecule has 0 spiro atoms. The van der Waals surface area contributed by atoms with Gasteiger partial charge in [0, 0.05) is 12.8 Å². The molecule has 2 aliphatic rings. The Hall–Kier alpha value is -0.0400.